The van der Waals surface area contributed by atoms with Gasteiger partial charge in [0.1, 0.15) is 11.9 Å². The van der Waals surface area contributed by atoms with Gasteiger partial charge in [-0.05, 0) is 62.6 Å². The Hall–Kier alpha value is 0.200. The number of hydrogen-bond donors (Lipinski definition) is 1. The smallest absolute Gasteiger partial charge is 0.183 e. The standard InChI is InChI=1S/C13H18Br2O2/c1-2-8-4-3-5-9(6-8)12(16)11-7-10(14)13(15)17-11/h7-9,12,16H,2-6H2,1H3. The Morgan fingerprint density at radius 1 is 1.47 bits per heavy atom. The van der Waals surface area contributed by atoms with Crippen LogP contribution in [0.4, 0.5) is 0 Å². The summed E-state index contributed by atoms with van der Waals surface area (Å²) in [7, 11) is 0. The van der Waals surface area contributed by atoms with Crippen molar-refractivity contribution in [1.29, 1.82) is 0 Å². The van der Waals surface area contributed by atoms with Crippen molar-refractivity contribution in [2.45, 2.75) is 45.1 Å². The zero-order valence-electron chi connectivity index (χ0n) is 9.96. The molecule has 0 bridgehead atoms. The number of rotatable bonds is 3. The molecule has 0 saturated heterocycles. The second-order valence-electron chi connectivity index (χ2n) is 4.92. The molecule has 0 spiro atoms. The summed E-state index contributed by atoms with van der Waals surface area (Å²) in [5.41, 5.74) is 0. The van der Waals surface area contributed by atoms with Crippen LogP contribution in [0.2, 0.25) is 0 Å². The second kappa shape index (κ2) is 5.89. The minimum atomic E-state index is -0.466. The van der Waals surface area contributed by atoms with Crippen LogP contribution in [0.1, 0.15) is 50.9 Å². The first-order chi connectivity index (χ1) is 8.11. The van der Waals surface area contributed by atoms with Gasteiger partial charge in [-0.1, -0.05) is 26.2 Å². The Balaban J connectivity index is 2.06. The lowest BCUT2D eigenvalue weighted by Gasteiger charge is -2.30. The molecule has 2 rings (SSSR count). The first kappa shape index (κ1) is 13.6. The SMILES string of the molecule is CCC1CCCC(C(O)c2cc(Br)c(Br)o2)C1. The van der Waals surface area contributed by atoms with Crippen molar-refractivity contribution in [2.75, 3.05) is 0 Å². The summed E-state index contributed by atoms with van der Waals surface area (Å²) in [4.78, 5) is 0. The molecule has 0 radical (unpaired) electrons. The average molecular weight is 366 g/mol. The molecular formula is C13H18Br2O2. The van der Waals surface area contributed by atoms with Crippen LogP contribution >= 0.6 is 31.9 Å². The van der Waals surface area contributed by atoms with Crippen LogP contribution in [-0.4, -0.2) is 5.11 Å². The van der Waals surface area contributed by atoms with Crippen molar-refractivity contribution in [2.24, 2.45) is 11.8 Å². The Morgan fingerprint density at radius 2 is 2.24 bits per heavy atom. The maximum atomic E-state index is 10.4. The minimum absolute atomic E-state index is 0.346. The molecule has 0 aromatic carbocycles. The molecule has 17 heavy (non-hydrogen) atoms. The van der Waals surface area contributed by atoms with E-state index in [1.54, 1.807) is 0 Å². The van der Waals surface area contributed by atoms with E-state index >= 15 is 0 Å². The number of hydrogen-bond acceptors (Lipinski definition) is 2. The third-order valence-electron chi connectivity index (χ3n) is 3.80. The third-order valence-corrected chi connectivity index (χ3v) is 5.51. The molecule has 1 N–H and O–H groups in total. The summed E-state index contributed by atoms with van der Waals surface area (Å²) >= 11 is 6.69. The van der Waals surface area contributed by atoms with Gasteiger partial charge in [-0.2, -0.15) is 0 Å². The molecule has 2 nitrogen and oxygen atoms in total. The predicted octanol–water partition coefficient (Wildman–Crippen LogP) is 5.05. The van der Waals surface area contributed by atoms with E-state index in [0.717, 1.165) is 23.2 Å². The molecule has 1 saturated carbocycles. The van der Waals surface area contributed by atoms with Crippen molar-refractivity contribution in [3.63, 3.8) is 0 Å². The number of aliphatic hydroxyl groups is 1. The van der Waals surface area contributed by atoms with Crippen molar-refractivity contribution in [3.8, 4) is 0 Å². The van der Waals surface area contributed by atoms with Crippen LogP contribution < -0.4 is 0 Å². The second-order valence-corrected chi connectivity index (χ2v) is 6.49. The van der Waals surface area contributed by atoms with Crippen LogP contribution in [0.5, 0.6) is 0 Å². The lowest BCUT2D eigenvalue weighted by atomic mass is 9.77. The quantitative estimate of drug-likeness (QED) is 0.812. The van der Waals surface area contributed by atoms with Gasteiger partial charge >= 0.3 is 0 Å². The monoisotopic (exact) mass is 364 g/mol. The molecule has 0 amide bonds. The van der Waals surface area contributed by atoms with E-state index in [2.05, 4.69) is 38.8 Å². The summed E-state index contributed by atoms with van der Waals surface area (Å²) in [5, 5.41) is 10.4. The van der Waals surface area contributed by atoms with E-state index in [1.165, 1.54) is 19.3 Å². The topological polar surface area (TPSA) is 33.4 Å². The van der Waals surface area contributed by atoms with Gasteiger partial charge in [-0.25, -0.2) is 0 Å². The summed E-state index contributed by atoms with van der Waals surface area (Å²) < 4.78 is 7.05. The highest BCUT2D eigenvalue weighted by atomic mass is 79.9. The first-order valence-corrected chi connectivity index (χ1v) is 7.83. The maximum Gasteiger partial charge on any atom is 0.183 e. The summed E-state index contributed by atoms with van der Waals surface area (Å²) in [5.74, 6) is 1.79. The van der Waals surface area contributed by atoms with E-state index < -0.39 is 6.10 Å². The molecule has 1 heterocycles. The van der Waals surface area contributed by atoms with Crippen molar-refractivity contribution >= 4 is 31.9 Å². The Labute approximate surface area is 119 Å². The van der Waals surface area contributed by atoms with Crippen LogP contribution in [0.3, 0.4) is 0 Å². The Morgan fingerprint density at radius 3 is 2.82 bits per heavy atom. The minimum Gasteiger partial charge on any atom is -0.450 e. The third kappa shape index (κ3) is 3.15. The molecule has 4 heteroatoms. The van der Waals surface area contributed by atoms with Crippen molar-refractivity contribution in [1.82, 2.24) is 0 Å². The van der Waals surface area contributed by atoms with Gasteiger partial charge in [0, 0.05) is 0 Å². The van der Waals surface area contributed by atoms with E-state index in [-0.39, 0.29) is 0 Å². The van der Waals surface area contributed by atoms with Gasteiger partial charge in [-0.3, -0.25) is 0 Å². The maximum absolute atomic E-state index is 10.4. The highest BCUT2D eigenvalue weighted by molar-refractivity contribution is 9.13. The first-order valence-electron chi connectivity index (χ1n) is 6.24. The fraction of sp³-hybridized carbons (Fsp3) is 0.692. The normalized spacial score (nSPS) is 27.1. The van der Waals surface area contributed by atoms with Crippen LogP contribution in [-0.2, 0) is 0 Å². The number of halogens is 2. The number of furan rings is 1. The molecule has 1 fully saturated rings. The summed E-state index contributed by atoms with van der Waals surface area (Å²) in [6.45, 7) is 2.24. The van der Waals surface area contributed by atoms with Gasteiger partial charge in [0.15, 0.2) is 4.67 Å². The van der Waals surface area contributed by atoms with Crippen LogP contribution in [0, 0.1) is 11.8 Å². The predicted molar refractivity (Wildman–Crippen MR) is 74.8 cm³/mol. The Kier molecular flexibility index (Phi) is 4.72. The van der Waals surface area contributed by atoms with Gasteiger partial charge < -0.3 is 9.52 Å². The van der Waals surface area contributed by atoms with Crippen molar-refractivity contribution in [3.05, 3.63) is 21.0 Å². The summed E-state index contributed by atoms with van der Waals surface area (Å²) in [6, 6.07) is 1.87. The molecule has 1 aromatic rings. The number of aliphatic hydroxyl groups excluding tert-OH is 1. The van der Waals surface area contributed by atoms with Gasteiger partial charge in [-0.15, -0.1) is 0 Å². The van der Waals surface area contributed by atoms with E-state index in [4.69, 9.17) is 4.42 Å². The lowest BCUT2D eigenvalue weighted by molar-refractivity contribution is 0.0500. The molecule has 1 aliphatic rings. The van der Waals surface area contributed by atoms with Crippen LogP contribution in [0.25, 0.3) is 0 Å². The van der Waals surface area contributed by atoms with E-state index in [0.29, 0.717) is 16.3 Å². The molecule has 1 aliphatic carbocycles. The zero-order valence-corrected chi connectivity index (χ0v) is 13.1. The van der Waals surface area contributed by atoms with Crippen LogP contribution in [0.15, 0.2) is 19.6 Å². The fourth-order valence-electron chi connectivity index (χ4n) is 2.73. The van der Waals surface area contributed by atoms with Gasteiger partial charge in [0.05, 0.1) is 4.47 Å². The molecule has 3 atom stereocenters. The molecule has 1 aromatic heterocycles. The van der Waals surface area contributed by atoms with Gasteiger partial charge in [0.25, 0.3) is 0 Å². The molecule has 96 valence electrons. The fourth-order valence-corrected chi connectivity index (χ4v) is 3.34. The highest BCUT2D eigenvalue weighted by Crippen LogP contribution is 2.40. The summed E-state index contributed by atoms with van der Waals surface area (Å²) in [6.07, 6.45) is 5.51. The molecule has 3 unspecified atom stereocenters. The van der Waals surface area contributed by atoms with E-state index in [1.807, 2.05) is 6.07 Å². The zero-order chi connectivity index (χ0) is 12.4. The van der Waals surface area contributed by atoms with Gasteiger partial charge in [0.2, 0.25) is 0 Å². The molecular weight excluding hydrogens is 348 g/mol. The van der Waals surface area contributed by atoms with E-state index in [9.17, 15) is 5.11 Å². The largest absolute Gasteiger partial charge is 0.450 e. The van der Waals surface area contributed by atoms with Crippen molar-refractivity contribution < 1.29 is 9.52 Å². The highest BCUT2D eigenvalue weighted by Gasteiger charge is 2.29. The molecule has 0 aliphatic heterocycles. The Bertz CT molecular complexity index is 356. The average Bonchev–Trinajstić information content (AvgIpc) is 2.69. The lowest BCUT2D eigenvalue weighted by Crippen LogP contribution is -2.21.